The van der Waals surface area contributed by atoms with E-state index in [9.17, 15) is 18.0 Å². The van der Waals surface area contributed by atoms with Crippen molar-refractivity contribution in [3.8, 4) is 0 Å². The fourth-order valence-corrected chi connectivity index (χ4v) is 1.62. The molecule has 0 spiro atoms. The Morgan fingerprint density at radius 1 is 1.42 bits per heavy atom. The number of rotatable bonds is 5. The lowest BCUT2D eigenvalue weighted by Gasteiger charge is -2.22. The van der Waals surface area contributed by atoms with Crippen LogP contribution in [0.15, 0.2) is 24.3 Å². The molecule has 0 saturated heterocycles. The van der Waals surface area contributed by atoms with E-state index in [4.69, 9.17) is 0 Å². The van der Waals surface area contributed by atoms with Gasteiger partial charge in [0.05, 0.1) is 7.11 Å². The van der Waals surface area contributed by atoms with Gasteiger partial charge in [-0.05, 0) is 31.0 Å². The van der Waals surface area contributed by atoms with Crippen LogP contribution in [0.2, 0.25) is 0 Å². The van der Waals surface area contributed by atoms with Gasteiger partial charge in [0, 0.05) is 12.1 Å². The maximum absolute atomic E-state index is 12.8. The predicted octanol–water partition coefficient (Wildman–Crippen LogP) is 3.29. The molecule has 1 atom stereocenters. The first-order valence-electron chi connectivity index (χ1n) is 5.79. The molecule has 0 bridgehead atoms. The van der Waals surface area contributed by atoms with E-state index in [1.807, 2.05) is 0 Å². The van der Waals surface area contributed by atoms with Crippen molar-refractivity contribution in [3.63, 3.8) is 0 Å². The lowest BCUT2D eigenvalue weighted by atomic mass is 10.1. The summed E-state index contributed by atoms with van der Waals surface area (Å²) in [5.74, 6) is -0.653. The standard InChI is InChI=1S/C13H16F3NO2/c1-9-4-3-5-10(8-9)17-11(13(14,15)16)6-7-12(18)19-2/h3-5,8,11,17H,6-7H2,1-2H3/t11-/m0/s1. The van der Waals surface area contributed by atoms with Crippen LogP contribution in [-0.2, 0) is 9.53 Å². The minimum absolute atomic E-state index is 0.278. The second-order valence-electron chi connectivity index (χ2n) is 4.22. The van der Waals surface area contributed by atoms with Crippen molar-refractivity contribution >= 4 is 11.7 Å². The van der Waals surface area contributed by atoms with Gasteiger partial charge in [-0.3, -0.25) is 4.79 Å². The van der Waals surface area contributed by atoms with Gasteiger partial charge in [0.1, 0.15) is 6.04 Å². The normalized spacial score (nSPS) is 12.9. The topological polar surface area (TPSA) is 38.3 Å². The first-order chi connectivity index (χ1) is 8.82. The van der Waals surface area contributed by atoms with Gasteiger partial charge in [-0.2, -0.15) is 13.2 Å². The summed E-state index contributed by atoms with van der Waals surface area (Å²) in [6, 6.07) is 4.88. The molecule has 0 amide bonds. The molecule has 1 aromatic carbocycles. The molecule has 0 aliphatic rings. The van der Waals surface area contributed by atoms with Crippen LogP contribution in [0.5, 0.6) is 0 Å². The number of hydrogen-bond donors (Lipinski definition) is 1. The second kappa shape index (κ2) is 6.45. The highest BCUT2D eigenvalue weighted by Gasteiger charge is 2.39. The number of methoxy groups -OCH3 is 1. The van der Waals surface area contributed by atoms with Crippen molar-refractivity contribution in [3.05, 3.63) is 29.8 Å². The van der Waals surface area contributed by atoms with Crippen LogP contribution >= 0.6 is 0 Å². The number of hydrogen-bond acceptors (Lipinski definition) is 3. The molecule has 0 unspecified atom stereocenters. The van der Waals surface area contributed by atoms with Crippen molar-refractivity contribution in [1.29, 1.82) is 0 Å². The Morgan fingerprint density at radius 3 is 2.63 bits per heavy atom. The number of aryl methyl sites for hydroxylation is 1. The number of anilines is 1. The third-order valence-corrected chi connectivity index (χ3v) is 2.62. The summed E-state index contributed by atoms with van der Waals surface area (Å²) >= 11 is 0. The molecule has 1 rings (SSSR count). The van der Waals surface area contributed by atoms with E-state index < -0.39 is 18.2 Å². The minimum atomic E-state index is -4.42. The van der Waals surface area contributed by atoms with Crippen molar-refractivity contribution in [2.75, 3.05) is 12.4 Å². The van der Waals surface area contributed by atoms with E-state index in [1.165, 1.54) is 0 Å². The lowest BCUT2D eigenvalue weighted by Crippen LogP contribution is -2.36. The van der Waals surface area contributed by atoms with E-state index in [-0.39, 0.29) is 12.8 Å². The number of ether oxygens (including phenoxy) is 1. The van der Waals surface area contributed by atoms with E-state index >= 15 is 0 Å². The third-order valence-electron chi connectivity index (χ3n) is 2.62. The molecule has 0 aliphatic heterocycles. The first-order valence-corrected chi connectivity index (χ1v) is 5.79. The van der Waals surface area contributed by atoms with Crippen LogP contribution in [0.1, 0.15) is 18.4 Å². The zero-order valence-corrected chi connectivity index (χ0v) is 10.8. The van der Waals surface area contributed by atoms with Crippen LogP contribution in [0.4, 0.5) is 18.9 Å². The highest BCUT2D eigenvalue weighted by molar-refractivity contribution is 5.69. The molecule has 0 radical (unpaired) electrons. The van der Waals surface area contributed by atoms with Crippen molar-refractivity contribution in [2.45, 2.75) is 32.0 Å². The third kappa shape index (κ3) is 5.19. The number of benzene rings is 1. The summed E-state index contributed by atoms with van der Waals surface area (Å²) in [6.45, 7) is 1.79. The molecule has 0 aromatic heterocycles. The molecule has 0 saturated carbocycles. The molecule has 0 aliphatic carbocycles. The smallest absolute Gasteiger partial charge is 0.408 e. The Hall–Kier alpha value is -1.72. The summed E-state index contributed by atoms with van der Waals surface area (Å²) in [5, 5.41) is 2.41. The molecule has 106 valence electrons. The number of nitrogens with one attached hydrogen (secondary N) is 1. The molecule has 0 heterocycles. The number of halogens is 3. The quantitative estimate of drug-likeness (QED) is 0.838. The summed E-state index contributed by atoms with van der Waals surface area (Å²) in [6.07, 6.45) is -5.05. The number of esters is 1. The van der Waals surface area contributed by atoms with Crippen LogP contribution in [0.3, 0.4) is 0 Å². The van der Waals surface area contributed by atoms with Gasteiger partial charge in [0.15, 0.2) is 0 Å². The van der Waals surface area contributed by atoms with Gasteiger partial charge in [0.2, 0.25) is 0 Å². The Bertz CT molecular complexity index is 432. The van der Waals surface area contributed by atoms with Gasteiger partial charge in [0.25, 0.3) is 0 Å². The zero-order valence-electron chi connectivity index (χ0n) is 10.8. The Labute approximate surface area is 109 Å². The minimum Gasteiger partial charge on any atom is -0.469 e. The Morgan fingerprint density at radius 2 is 2.11 bits per heavy atom. The second-order valence-corrected chi connectivity index (χ2v) is 4.22. The van der Waals surface area contributed by atoms with Crippen molar-refractivity contribution in [1.82, 2.24) is 0 Å². The zero-order chi connectivity index (χ0) is 14.5. The molecule has 19 heavy (non-hydrogen) atoms. The van der Waals surface area contributed by atoms with E-state index in [0.29, 0.717) is 5.69 Å². The summed E-state index contributed by atoms with van der Waals surface area (Å²) in [4.78, 5) is 10.9. The van der Waals surface area contributed by atoms with Gasteiger partial charge in [-0.25, -0.2) is 0 Å². The molecule has 1 N–H and O–H groups in total. The SMILES string of the molecule is COC(=O)CC[C@H](Nc1cccc(C)c1)C(F)(F)F. The van der Waals surface area contributed by atoms with Crippen LogP contribution in [0.25, 0.3) is 0 Å². The van der Waals surface area contributed by atoms with Gasteiger partial charge in [-0.1, -0.05) is 12.1 Å². The maximum atomic E-state index is 12.8. The molecule has 0 fully saturated rings. The summed E-state index contributed by atoms with van der Waals surface area (Å²) < 4.78 is 42.9. The number of carbonyl (C=O) groups is 1. The molecular formula is C13H16F3NO2. The average Bonchev–Trinajstić information content (AvgIpc) is 2.32. The monoisotopic (exact) mass is 275 g/mol. The van der Waals surface area contributed by atoms with Gasteiger partial charge in [-0.15, -0.1) is 0 Å². The Kier molecular flexibility index (Phi) is 5.20. The predicted molar refractivity (Wildman–Crippen MR) is 65.9 cm³/mol. The average molecular weight is 275 g/mol. The fourth-order valence-electron chi connectivity index (χ4n) is 1.62. The van der Waals surface area contributed by atoms with Crippen molar-refractivity contribution in [2.24, 2.45) is 0 Å². The largest absolute Gasteiger partial charge is 0.469 e. The number of carbonyl (C=O) groups excluding carboxylic acids is 1. The van der Waals surface area contributed by atoms with Gasteiger partial charge >= 0.3 is 12.1 Å². The highest BCUT2D eigenvalue weighted by atomic mass is 19.4. The van der Waals surface area contributed by atoms with Gasteiger partial charge < -0.3 is 10.1 Å². The first kappa shape index (κ1) is 15.3. The van der Waals surface area contributed by atoms with Crippen molar-refractivity contribution < 1.29 is 22.7 Å². The summed E-state index contributed by atoms with van der Waals surface area (Å²) in [5.41, 5.74) is 1.24. The van der Waals surface area contributed by atoms with Crippen LogP contribution < -0.4 is 5.32 Å². The summed E-state index contributed by atoms with van der Waals surface area (Å²) in [7, 11) is 1.15. The Balaban J connectivity index is 2.72. The molecule has 6 heteroatoms. The lowest BCUT2D eigenvalue weighted by molar-refractivity contribution is -0.149. The molecular weight excluding hydrogens is 259 g/mol. The fraction of sp³-hybridized carbons (Fsp3) is 0.462. The molecule has 1 aromatic rings. The van der Waals surface area contributed by atoms with E-state index in [1.54, 1.807) is 31.2 Å². The van der Waals surface area contributed by atoms with E-state index in [2.05, 4.69) is 10.1 Å². The van der Waals surface area contributed by atoms with Crippen LogP contribution in [-0.4, -0.2) is 25.3 Å². The molecule has 3 nitrogen and oxygen atoms in total. The number of alkyl halides is 3. The maximum Gasteiger partial charge on any atom is 0.408 e. The van der Waals surface area contributed by atoms with E-state index in [0.717, 1.165) is 12.7 Å². The highest BCUT2D eigenvalue weighted by Crippen LogP contribution is 2.27. The van der Waals surface area contributed by atoms with Crippen LogP contribution in [0, 0.1) is 6.92 Å².